The van der Waals surface area contributed by atoms with E-state index in [0.717, 1.165) is 11.8 Å². The Bertz CT molecular complexity index is 732. The highest BCUT2D eigenvalue weighted by Crippen LogP contribution is 2.28. The van der Waals surface area contributed by atoms with E-state index < -0.39 is 17.9 Å². The maximum absolute atomic E-state index is 12.6. The number of alkyl halides is 3. The van der Waals surface area contributed by atoms with E-state index in [-0.39, 0.29) is 5.82 Å². The summed E-state index contributed by atoms with van der Waals surface area (Å²) in [6, 6.07) is 2.94. The minimum Gasteiger partial charge on any atom is -0.298 e. The molecular formula is C15H18F3N5OS. The fourth-order valence-electron chi connectivity index (χ4n) is 1.78. The van der Waals surface area contributed by atoms with Gasteiger partial charge >= 0.3 is 12.2 Å². The van der Waals surface area contributed by atoms with Crippen molar-refractivity contribution in [2.45, 2.75) is 32.6 Å². The molecule has 0 saturated carbocycles. The molecule has 0 fully saturated rings. The number of hydrogen-bond acceptors (Lipinski definition) is 5. The Balaban J connectivity index is 1.96. The third-order valence-electron chi connectivity index (χ3n) is 3.35. The molecule has 0 unspecified atom stereocenters. The zero-order chi connectivity index (χ0) is 18.6. The smallest absolute Gasteiger partial charge is 0.298 e. The number of halogens is 3. The molecule has 0 spiro atoms. The molecule has 0 aromatic carbocycles. The number of rotatable bonds is 5. The summed E-state index contributed by atoms with van der Waals surface area (Å²) >= 11 is 1.24. The average Bonchev–Trinajstić information content (AvgIpc) is 2.93. The van der Waals surface area contributed by atoms with Crippen LogP contribution in [0.25, 0.3) is 0 Å². The summed E-state index contributed by atoms with van der Waals surface area (Å²) in [5.41, 5.74) is -0.271. The molecule has 2 amide bonds. The SMILES string of the molecule is CC(C)N(C)Cc1csc(NC(=O)Nc2cccc(C(F)(F)F)n2)n1. The van der Waals surface area contributed by atoms with Crippen LogP contribution in [0.2, 0.25) is 0 Å². The Morgan fingerprint density at radius 1 is 1.28 bits per heavy atom. The summed E-state index contributed by atoms with van der Waals surface area (Å²) in [5, 5.41) is 6.93. The summed E-state index contributed by atoms with van der Waals surface area (Å²) in [5.74, 6) is -0.191. The number of amides is 2. The van der Waals surface area contributed by atoms with Gasteiger partial charge in [-0.15, -0.1) is 11.3 Å². The monoisotopic (exact) mass is 373 g/mol. The van der Waals surface area contributed by atoms with Gasteiger partial charge in [0.2, 0.25) is 0 Å². The molecule has 0 atom stereocenters. The van der Waals surface area contributed by atoms with E-state index >= 15 is 0 Å². The van der Waals surface area contributed by atoms with Crippen molar-refractivity contribution in [2.75, 3.05) is 17.7 Å². The lowest BCUT2D eigenvalue weighted by Crippen LogP contribution is -2.25. The topological polar surface area (TPSA) is 70.2 Å². The van der Waals surface area contributed by atoms with Crippen molar-refractivity contribution < 1.29 is 18.0 Å². The van der Waals surface area contributed by atoms with Crippen LogP contribution in [0.4, 0.5) is 28.9 Å². The first-order valence-electron chi connectivity index (χ1n) is 7.42. The largest absolute Gasteiger partial charge is 0.433 e. The zero-order valence-electron chi connectivity index (χ0n) is 13.9. The summed E-state index contributed by atoms with van der Waals surface area (Å²) in [6.07, 6.45) is -4.57. The standard InChI is InChI=1S/C15H18F3N5OS/c1-9(2)23(3)7-10-8-25-14(19-10)22-13(24)21-12-6-4-5-11(20-12)15(16,17)18/h4-6,8-9H,7H2,1-3H3,(H2,19,20,21,22,24). The van der Waals surface area contributed by atoms with Crippen LogP contribution in [0.3, 0.4) is 0 Å². The minimum atomic E-state index is -4.57. The summed E-state index contributed by atoms with van der Waals surface area (Å²) in [4.78, 5) is 21.6. The number of aromatic nitrogens is 2. The first-order chi connectivity index (χ1) is 11.6. The van der Waals surface area contributed by atoms with E-state index in [9.17, 15) is 18.0 Å². The maximum Gasteiger partial charge on any atom is 0.433 e. The average molecular weight is 373 g/mol. The van der Waals surface area contributed by atoms with Gasteiger partial charge in [-0.2, -0.15) is 13.2 Å². The van der Waals surface area contributed by atoms with Crippen LogP contribution < -0.4 is 10.6 Å². The maximum atomic E-state index is 12.6. The fourth-order valence-corrected chi connectivity index (χ4v) is 2.48. The molecule has 0 aliphatic rings. The van der Waals surface area contributed by atoms with Crippen molar-refractivity contribution in [2.24, 2.45) is 0 Å². The van der Waals surface area contributed by atoms with Crippen LogP contribution in [-0.4, -0.2) is 34.0 Å². The quantitative estimate of drug-likeness (QED) is 0.830. The number of nitrogens with zero attached hydrogens (tertiary/aromatic N) is 3. The van der Waals surface area contributed by atoms with Gasteiger partial charge in [0.15, 0.2) is 5.13 Å². The predicted molar refractivity (Wildman–Crippen MR) is 90.6 cm³/mol. The fraction of sp³-hybridized carbons (Fsp3) is 0.400. The summed E-state index contributed by atoms with van der Waals surface area (Å²) in [6.45, 7) is 4.74. The third kappa shape index (κ3) is 5.68. The molecule has 2 rings (SSSR count). The number of pyridine rings is 1. The molecule has 2 heterocycles. The number of anilines is 2. The molecule has 2 N–H and O–H groups in total. The van der Waals surface area contributed by atoms with Crippen molar-refractivity contribution in [3.8, 4) is 0 Å². The number of hydrogen-bond donors (Lipinski definition) is 2. The Kier molecular flexibility index (Phi) is 5.96. The third-order valence-corrected chi connectivity index (χ3v) is 4.15. The molecule has 25 heavy (non-hydrogen) atoms. The lowest BCUT2D eigenvalue weighted by molar-refractivity contribution is -0.141. The van der Waals surface area contributed by atoms with E-state index in [0.29, 0.717) is 17.7 Å². The van der Waals surface area contributed by atoms with Gasteiger partial charge in [-0.1, -0.05) is 6.07 Å². The summed E-state index contributed by atoms with van der Waals surface area (Å²) < 4.78 is 37.8. The first kappa shape index (κ1) is 19.1. The second-order valence-electron chi connectivity index (χ2n) is 5.64. The lowest BCUT2D eigenvalue weighted by Gasteiger charge is -2.19. The summed E-state index contributed by atoms with van der Waals surface area (Å²) in [7, 11) is 1.96. The molecule has 10 heteroatoms. The van der Waals surface area contributed by atoms with Gasteiger partial charge in [0.25, 0.3) is 0 Å². The van der Waals surface area contributed by atoms with Crippen molar-refractivity contribution in [3.05, 3.63) is 35.0 Å². The Hall–Kier alpha value is -2.20. The second-order valence-corrected chi connectivity index (χ2v) is 6.50. The number of carbonyl (C=O) groups is 1. The van der Waals surface area contributed by atoms with Crippen molar-refractivity contribution >= 4 is 28.3 Å². The molecule has 2 aromatic heterocycles. The molecule has 136 valence electrons. The van der Waals surface area contributed by atoms with Crippen LogP contribution in [0, 0.1) is 0 Å². The molecule has 0 aliphatic carbocycles. The van der Waals surface area contributed by atoms with Gasteiger partial charge in [-0.3, -0.25) is 15.5 Å². The highest BCUT2D eigenvalue weighted by Gasteiger charge is 2.32. The van der Waals surface area contributed by atoms with Gasteiger partial charge in [0, 0.05) is 18.0 Å². The van der Waals surface area contributed by atoms with E-state index in [1.807, 2.05) is 12.4 Å². The Morgan fingerprint density at radius 2 is 2.00 bits per heavy atom. The van der Waals surface area contributed by atoms with Crippen LogP contribution in [0.15, 0.2) is 23.6 Å². The molecule has 0 saturated heterocycles. The molecule has 0 radical (unpaired) electrons. The van der Waals surface area contributed by atoms with Gasteiger partial charge < -0.3 is 0 Å². The molecule has 0 bridgehead atoms. The Labute approximate surface area is 147 Å². The van der Waals surface area contributed by atoms with E-state index in [2.05, 4.69) is 39.3 Å². The zero-order valence-corrected chi connectivity index (χ0v) is 14.7. The molecule has 2 aromatic rings. The molecule has 0 aliphatic heterocycles. The van der Waals surface area contributed by atoms with E-state index in [1.54, 1.807) is 0 Å². The number of urea groups is 1. The molecule has 6 nitrogen and oxygen atoms in total. The minimum absolute atomic E-state index is 0.191. The normalized spacial score (nSPS) is 11.8. The van der Waals surface area contributed by atoms with E-state index in [4.69, 9.17) is 0 Å². The van der Waals surface area contributed by atoms with Crippen molar-refractivity contribution in [1.82, 2.24) is 14.9 Å². The number of carbonyl (C=O) groups excluding carboxylic acids is 1. The van der Waals surface area contributed by atoms with Crippen molar-refractivity contribution in [3.63, 3.8) is 0 Å². The Morgan fingerprint density at radius 3 is 2.64 bits per heavy atom. The van der Waals surface area contributed by atoms with Gasteiger partial charge in [-0.25, -0.2) is 14.8 Å². The number of nitrogens with one attached hydrogen (secondary N) is 2. The van der Waals surface area contributed by atoms with Crippen LogP contribution in [0.1, 0.15) is 25.2 Å². The van der Waals surface area contributed by atoms with Gasteiger partial charge in [0.1, 0.15) is 11.5 Å². The highest BCUT2D eigenvalue weighted by atomic mass is 32.1. The second kappa shape index (κ2) is 7.79. The van der Waals surface area contributed by atoms with Crippen LogP contribution >= 0.6 is 11.3 Å². The van der Waals surface area contributed by atoms with Crippen LogP contribution in [0.5, 0.6) is 0 Å². The lowest BCUT2D eigenvalue weighted by atomic mass is 10.3. The first-order valence-corrected chi connectivity index (χ1v) is 8.30. The predicted octanol–water partition coefficient (Wildman–Crippen LogP) is 4.04. The van der Waals surface area contributed by atoms with Crippen molar-refractivity contribution in [1.29, 1.82) is 0 Å². The molecular weight excluding hydrogens is 355 g/mol. The highest BCUT2D eigenvalue weighted by molar-refractivity contribution is 7.13. The van der Waals surface area contributed by atoms with Gasteiger partial charge in [-0.05, 0) is 33.0 Å². The van der Waals surface area contributed by atoms with Gasteiger partial charge in [0.05, 0.1) is 5.69 Å². The van der Waals surface area contributed by atoms with Crippen LogP contribution in [-0.2, 0) is 12.7 Å². The number of thiazole rings is 1. The van der Waals surface area contributed by atoms with E-state index in [1.165, 1.54) is 23.5 Å².